The lowest BCUT2D eigenvalue weighted by Crippen LogP contribution is -2.50. The quantitative estimate of drug-likeness (QED) is 0.356. The van der Waals surface area contributed by atoms with Crippen LogP contribution < -0.4 is 14.4 Å². The molecule has 196 valence electrons. The maximum atomic E-state index is 14.3. The van der Waals surface area contributed by atoms with E-state index >= 15 is 0 Å². The molecule has 9 heteroatoms. The number of ether oxygens (including phenoxy) is 3. The van der Waals surface area contributed by atoms with Crippen molar-refractivity contribution in [3.63, 3.8) is 0 Å². The van der Waals surface area contributed by atoms with E-state index in [1.54, 1.807) is 12.1 Å². The minimum absolute atomic E-state index is 0.0529. The van der Waals surface area contributed by atoms with Gasteiger partial charge < -0.3 is 23.5 Å². The van der Waals surface area contributed by atoms with Gasteiger partial charge in [0, 0.05) is 30.3 Å². The van der Waals surface area contributed by atoms with E-state index in [4.69, 9.17) is 18.6 Å². The van der Waals surface area contributed by atoms with Crippen molar-refractivity contribution in [2.45, 2.75) is 50.9 Å². The van der Waals surface area contributed by atoms with Crippen molar-refractivity contribution >= 4 is 11.6 Å². The molecule has 0 saturated heterocycles. The Morgan fingerprint density at radius 1 is 1.03 bits per heavy atom. The maximum Gasteiger partial charge on any atom is 0.449 e. The van der Waals surface area contributed by atoms with Crippen molar-refractivity contribution in [2.75, 3.05) is 24.7 Å². The zero-order valence-electron chi connectivity index (χ0n) is 20.9. The van der Waals surface area contributed by atoms with Gasteiger partial charge in [0.1, 0.15) is 34.9 Å². The van der Waals surface area contributed by atoms with E-state index in [9.17, 15) is 18.0 Å². The van der Waals surface area contributed by atoms with Crippen LogP contribution in [0.5, 0.6) is 11.5 Å². The van der Waals surface area contributed by atoms with Crippen molar-refractivity contribution in [1.82, 2.24) is 0 Å². The van der Waals surface area contributed by atoms with Gasteiger partial charge in [0.15, 0.2) is 0 Å². The van der Waals surface area contributed by atoms with Gasteiger partial charge in [0.2, 0.25) is 11.7 Å². The molecule has 3 aromatic rings. The molecule has 0 aliphatic carbocycles. The van der Waals surface area contributed by atoms with Gasteiger partial charge in [-0.05, 0) is 50.6 Å². The monoisotopic (exact) mass is 515 g/mol. The third-order valence-corrected chi connectivity index (χ3v) is 6.71. The fourth-order valence-electron chi connectivity index (χ4n) is 5.34. The predicted octanol–water partition coefficient (Wildman–Crippen LogP) is 6.11. The fraction of sp³-hybridized carbons (Fsp3) is 0.393. The summed E-state index contributed by atoms with van der Waals surface area (Å²) in [6.45, 7) is 7.05. The van der Waals surface area contributed by atoms with Gasteiger partial charge in [0.05, 0.1) is 13.2 Å². The Morgan fingerprint density at radius 3 is 2.54 bits per heavy atom. The van der Waals surface area contributed by atoms with Gasteiger partial charge in [-0.15, -0.1) is 0 Å². The van der Waals surface area contributed by atoms with Crippen LogP contribution in [0.15, 0.2) is 59.0 Å². The number of amides is 1. The number of alkyl halides is 3. The number of benzene rings is 2. The van der Waals surface area contributed by atoms with Crippen LogP contribution in [0.4, 0.5) is 18.9 Å². The first-order valence-corrected chi connectivity index (χ1v) is 12.2. The molecule has 1 amide bonds. The molecule has 2 aromatic carbocycles. The van der Waals surface area contributed by atoms with Gasteiger partial charge in [-0.1, -0.05) is 24.3 Å². The van der Waals surface area contributed by atoms with Crippen molar-refractivity contribution in [1.29, 1.82) is 0 Å². The van der Waals surface area contributed by atoms with Crippen molar-refractivity contribution in [3.05, 3.63) is 77.2 Å². The van der Waals surface area contributed by atoms with Gasteiger partial charge in [-0.3, -0.25) is 4.79 Å². The third kappa shape index (κ3) is 4.45. The van der Waals surface area contributed by atoms with Gasteiger partial charge in [0.25, 0.3) is 0 Å². The van der Waals surface area contributed by atoms with E-state index < -0.39 is 23.0 Å². The highest BCUT2D eigenvalue weighted by molar-refractivity contribution is 6.11. The molecule has 2 aliphatic heterocycles. The molecule has 0 bridgehead atoms. The molecule has 1 aromatic heterocycles. The lowest BCUT2D eigenvalue weighted by Gasteiger charge is -2.43. The summed E-state index contributed by atoms with van der Waals surface area (Å²) in [7, 11) is 0. The topological polar surface area (TPSA) is 61.1 Å². The smallest absolute Gasteiger partial charge is 0.449 e. The minimum Gasteiger partial charge on any atom is -0.491 e. The Bertz CT molecular complexity index is 1320. The normalized spacial score (nSPS) is 20.1. The van der Waals surface area contributed by atoms with E-state index in [0.717, 1.165) is 11.6 Å². The molecule has 0 fully saturated rings. The molecular formula is C28H28F3NO5. The average molecular weight is 516 g/mol. The summed E-state index contributed by atoms with van der Waals surface area (Å²) >= 11 is 0. The van der Waals surface area contributed by atoms with Crippen LogP contribution in [0, 0.1) is 0 Å². The Kier molecular flexibility index (Phi) is 6.22. The van der Waals surface area contributed by atoms with Crippen LogP contribution in [-0.2, 0) is 27.7 Å². The number of carbonyl (C=O) groups is 1. The summed E-state index contributed by atoms with van der Waals surface area (Å²) in [6, 6.07) is 14.9. The van der Waals surface area contributed by atoms with E-state index in [1.165, 1.54) is 11.0 Å². The van der Waals surface area contributed by atoms with Crippen LogP contribution >= 0.6 is 0 Å². The SMILES string of the molecule is CCOCCOc1ccc2c(c1)OC(C)(C)CC21C(=O)N(Cc2ccc(C(F)(F)F)o2)c2ccccc21. The molecule has 1 spiro atoms. The molecule has 3 heterocycles. The standard InChI is InChI=1S/C28H28F3NO5/c1-4-34-13-14-35-18-9-11-21-23(15-18)37-26(2,3)17-27(21)20-7-5-6-8-22(20)32(25(27)33)16-19-10-12-24(36-19)28(29,30)31/h5-12,15H,4,13-14,16-17H2,1-3H3. The number of furan rings is 1. The van der Waals surface area contributed by atoms with Crippen molar-refractivity contribution < 1.29 is 36.6 Å². The highest BCUT2D eigenvalue weighted by atomic mass is 19.4. The van der Waals surface area contributed by atoms with Crippen LogP contribution in [0.2, 0.25) is 0 Å². The molecule has 0 radical (unpaired) electrons. The van der Waals surface area contributed by atoms with Crippen molar-refractivity contribution in [2.24, 2.45) is 0 Å². The summed E-state index contributed by atoms with van der Waals surface area (Å²) in [6.07, 6.45) is -4.24. The highest BCUT2D eigenvalue weighted by Crippen LogP contribution is 2.56. The summed E-state index contributed by atoms with van der Waals surface area (Å²) in [4.78, 5) is 15.8. The van der Waals surface area contributed by atoms with Gasteiger partial charge in [-0.25, -0.2) is 0 Å². The lowest BCUT2D eigenvalue weighted by atomic mass is 9.67. The zero-order valence-corrected chi connectivity index (χ0v) is 20.9. The second-order valence-electron chi connectivity index (χ2n) is 9.82. The predicted molar refractivity (Wildman–Crippen MR) is 130 cm³/mol. The molecule has 2 aliphatic rings. The Labute approximate surface area is 212 Å². The second-order valence-corrected chi connectivity index (χ2v) is 9.82. The summed E-state index contributed by atoms with van der Waals surface area (Å²) in [5, 5.41) is 0. The number of fused-ring (bicyclic) bond motifs is 4. The molecule has 5 rings (SSSR count). The Balaban J connectivity index is 1.55. The maximum absolute atomic E-state index is 14.3. The number of carbonyl (C=O) groups excluding carboxylic acids is 1. The van der Waals surface area contributed by atoms with Crippen LogP contribution in [0.1, 0.15) is 49.8 Å². The molecule has 6 nitrogen and oxygen atoms in total. The number of rotatable bonds is 7. The van der Waals surface area contributed by atoms with Crippen LogP contribution in [0.25, 0.3) is 0 Å². The average Bonchev–Trinajstić information content (AvgIpc) is 3.40. The van der Waals surface area contributed by atoms with Crippen LogP contribution in [-0.4, -0.2) is 31.3 Å². The number of hydrogen-bond donors (Lipinski definition) is 0. The first-order valence-electron chi connectivity index (χ1n) is 12.2. The molecule has 1 unspecified atom stereocenters. The lowest BCUT2D eigenvalue weighted by molar-refractivity contribution is -0.153. The van der Waals surface area contributed by atoms with E-state index in [2.05, 4.69) is 0 Å². The second kappa shape index (κ2) is 9.13. The Hall–Kier alpha value is -3.46. The van der Waals surface area contributed by atoms with Gasteiger partial charge in [-0.2, -0.15) is 13.2 Å². The molecule has 0 N–H and O–H groups in total. The van der Waals surface area contributed by atoms with E-state index in [1.807, 2.05) is 51.1 Å². The first-order chi connectivity index (χ1) is 17.5. The minimum atomic E-state index is -4.60. The molecule has 0 saturated carbocycles. The number of para-hydroxylation sites is 1. The molecule has 1 atom stereocenters. The summed E-state index contributed by atoms with van der Waals surface area (Å²) in [5.41, 5.74) is 0.337. The fourth-order valence-corrected chi connectivity index (χ4v) is 5.34. The summed E-state index contributed by atoms with van der Waals surface area (Å²) in [5.74, 6) is -0.144. The largest absolute Gasteiger partial charge is 0.491 e. The first kappa shape index (κ1) is 25.2. The van der Waals surface area contributed by atoms with E-state index in [-0.39, 0.29) is 18.2 Å². The number of anilines is 1. The zero-order chi connectivity index (χ0) is 26.4. The van der Waals surface area contributed by atoms with Gasteiger partial charge >= 0.3 is 6.18 Å². The molecular weight excluding hydrogens is 487 g/mol. The number of hydrogen-bond acceptors (Lipinski definition) is 5. The van der Waals surface area contributed by atoms with E-state index in [0.29, 0.717) is 49.0 Å². The summed E-state index contributed by atoms with van der Waals surface area (Å²) < 4.78 is 61.8. The Morgan fingerprint density at radius 2 is 1.81 bits per heavy atom. The van der Waals surface area contributed by atoms with Crippen molar-refractivity contribution in [3.8, 4) is 11.5 Å². The van der Waals surface area contributed by atoms with Crippen LogP contribution in [0.3, 0.4) is 0 Å². The number of nitrogens with zero attached hydrogens (tertiary/aromatic N) is 1. The highest BCUT2D eigenvalue weighted by Gasteiger charge is 2.58. The third-order valence-electron chi connectivity index (χ3n) is 6.71. The molecule has 37 heavy (non-hydrogen) atoms. The number of halogens is 3.